The number of benzene rings is 1. The maximum absolute atomic E-state index is 11.9. The van der Waals surface area contributed by atoms with Crippen molar-refractivity contribution in [2.75, 3.05) is 26.4 Å². The van der Waals surface area contributed by atoms with E-state index < -0.39 is 12.8 Å². The van der Waals surface area contributed by atoms with E-state index >= 15 is 0 Å². The van der Waals surface area contributed by atoms with Gasteiger partial charge in [-0.1, -0.05) is 6.92 Å². The van der Waals surface area contributed by atoms with Crippen LogP contribution in [0.1, 0.15) is 12.5 Å². The molecule has 0 heterocycles. The molecule has 1 rings (SSSR count). The molecule has 0 aliphatic carbocycles. The largest absolute Gasteiger partial charge is 0.489 e. The maximum Gasteiger partial charge on any atom is 0.411 e. The zero-order valence-electron chi connectivity index (χ0n) is 11.4. The van der Waals surface area contributed by atoms with Gasteiger partial charge in [0.05, 0.1) is 15.6 Å². The average molecular weight is 435 g/mol. The highest BCUT2D eigenvalue weighted by molar-refractivity contribution is 9.11. The number of hydrogen-bond donors (Lipinski definition) is 1. The second-order valence-electron chi connectivity index (χ2n) is 4.19. The molecule has 0 aliphatic heterocycles. The van der Waals surface area contributed by atoms with Gasteiger partial charge >= 0.3 is 6.18 Å². The summed E-state index contributed by atoms with van der Waals surface area (Å²) in [6.45, 7) is 2.26. The van der Waals surface area contributed by atoms with Gasteiger partial charge in [0.25, 0.3) is 0 Å². The smallest absolute Gasteiger partial charge is 0.411 e. The molecule has 0 aliphatic rings. The summed E-state index contributed by atoms with van der Waals surface area (Å²) < 4.78 is 47.1. The van der Waals surface area contributed by atoms with Crippen molar-refractivity contribution in [1.82, 2.24) is 5.32 Å². The van der Waals surface area contributed by atoms with Crippen LogP contribution in [0.3, 0.4) is 0 Å². The van der Waals surface area contributed by atoms with E-state index in [1.54, 1.807) is 0 Å². The van der Waals surface area contributed by atoms with Crippen molar-refractivity contribution in [2.45, 2.75) is 19.6 Å². The van der Waals surface area contributed by atoms with Gasteiger partial charge in [-0.25, -0.2) is 0 Å². The number of halogens is 5. The number of alkyl halides is 3. The van der Waals surface area contributed by atoms with E-state index in [1.807, 2.05) is 19.1 Å². The number of nitrogens with one attached hydrogen (secondary N) is 1. The van der Waals surface area contributed by atoms with E-state index in [0.29, 0.717) is 5.75 Å². The van der Waals surface area contributed by atoms with Gasteiger partial charge in [0.1, 0.15) is 19.0 Å². The summed E-state index contributed by atoms with van der Waals surface area (Å²) >= 11 is 6.77. The third-order valence-corrected chi connectivity index (χ3v) is 3.56. The number of hydrogen-bond acceptors (Lipinski definition) is 3. The molecule has 1 aromatic carbocycles. The van der Waals surface area contributed by atoms with Gasteiger partial charge in [0, 0.05) is 6.54 Å². The first kappa shape index (κ1) is 18.7. The fourth-order valence-electron chi connectivity index (χ4n) is 1.51. The van der Waals surface area contributed by atoms with Crippen LogP contribution in [-0.2, 0) is 11.3 Å². The number of ether oxygens (including phenoxy) is 2. The van der Waals surface area contributed by atoms with Crippen molar-refractivity contribution in [3.63, 3.8) is 0 Å². The first-order valence-corrected chi connectivity index (χ1v) is 7.88. The Morgan fingerprint density at radius 2 is 1.76 bits per heavy atom. The lowest BCUT2D eigenvalue weighted by molar-refractivity contribution is -0.175. The molecule has 21 heavy (non-hydrogen) atoms. The third kappa shape index (κ3) is 7.49. The Labute approximate surface area is 138 Å². The van der Waals surface area contributed by atoms with Crippen molar-refractivity contribution in [3.05, 3.63) is 26.6 Å². The molecular weight excluding hydrogens is 419 g/mol. The molecule has 0 bridgehead atoms. The Kier molecular flexibility index (Phi) is 8.00. The minimum absolute atomic E-state index is 0.0415. The van der Waals surface area contributed by atoms with Gasteiger partial charge in [-0.3, -0.25) is 0 Å². The third-order valence-electron chi connectivity index (χ3n) is 2.38. The fourth-order valence-corrected chi connectivity index (χ4v) is 3.02. The molecule has 0 atom stereocenters. The van der Waals surface area contributed by atoms with Gasteiger partial charge in [-0.15, -0.1) is 0 Å². The first-order valence-electron chi connectivity index (χ1n) is 6.29. The normalized spacial score (nSPS) is 11.7. The van der Waals surface area contributed by atoms with E-state index in [4.69, 9.17) is 4.74 Å². The second-order valence-corrected chi connectivity index (χ2v) is 5.89. The van der Waals surface area contributed by atoms with Crippen molar-refractivity contribution in [1.29, 1.82) is 0 Å². The predicted molar refractivity (Wildman–Crippen MR) is 81.6 cm³/mol. The standard InChI is InChI=1S/C13H16Br2F3NO2/c1-2-19-7-9-5-10(14)12(11(15)6-9)21-4-3-20-8-13(16,17)18/h5-6,19H,2-4,7-8H2,1H3. The number of rotatable bonds is 8. The van der Waals surface area contributed by atoms with Crippen LogP contribution in [0.5, 0.6) is 5.75 Å². The Hall–Kier alpha value is -0.310. The SMILES string of the molecule is CCNCc1cc(Br)c(OCCOCC(F)(F)F)c(Br)c1. The molecule has 1 aromatic rings. The summed E-state index contributed by atoms with van der Waals surface area (Å²) in [7, 11) is 0. The minimum Gasteiger partial charge on any atom is -0.489 e. The Morgan fingerprint density at radius 3 is 2.29 bits per heavy atom. The molecule has 0 fully saturated rings. The molecule has 3 nitrogen and oxygen atoms in total. The Balaban J connectivity index is 2.48. The van der Waals surface area contributed by atoms with Gasteiger partial charge in [0.2, 0.25) is 0 Å². The zero-order chi connectivity index (χ0) is 15.9. The van der Waals surface area contributed by atoms with Crippen molar-refractivity contribution < 1.29 is 22.6 Å². The van der Waals surface area contributed by atoms with Crippen molar-refractivity contribution in [3.8, 4) is 5.75 Å². The van der Waals surface area contributed by atoms with Gasteiger partial charge < -0.3 is 14.8 Å². The molecule has 0 saturated carbocycles. The van der Waals surface area contributed by atoms with Crippen LogP contribution < -0.4 is 10.1 Å². The fraction of sp³-hybridized carbons (Fsp3) is 0.538. The lowest BCUT2D eigenvalue weighted by Crippen LogP contribution is -2.19. The van der Waals surface area contributed by atoms with Crippen LogP contribution in [0.25, 0.3) is 0 Å². The summed E-state index contributed by atoms with van der Waals surface area (Å²) in [5.74, 6) is 0.547. The highest BCUT2D eigenvalue weighted by atomic mass is 79.9. The molecule has 8 heteroatoms. The Morgan fingerprint density at radius 1 is 1.14 bits per heavy atom. The maximum atomic E-state index is 11.9. The monoisotopic (exact) mass is 433 g/mol. The van der Waals surface area contributed by atoms with E-state index in [1.165, 1.54) is 0 Å². The van der Waals surface area contributed by atoms with Gasteiger partial charge in [0.15, 0.2) is 0 Å². The molecule has 0 amide bonds. The van der Waals surface area contributed by atoms with Crippen LogP contribution in [0, 0.1) is 0 Å². The molecule has 120 valence electrons. The summed E-state index contributed by atoms with van der Waals surface area (Å²) in [5, 5.41) is 3.20. The van der Waals surface area contributed by atoms with Gasteiger partial charge in [-0.2, -0.15) is 13.2 Å². The van der Waals surface area contributed by atoms with Crippen LogP contribution in [0.4, 0.5) is 13.2 Å². The van der Waals surface area contributed by atoms with Crippen molar-refractivity contribution in [2.24, 2.45) is 0 Å². The molecule has 0 aromatic heterocycles. The Bertz CT molecular complexity index is 433. The van der Waals surface area contributed by atoms with Crippen LogP contribution >= 0.6 is 31.9 Å². The van der Waals surface area contributed by atoms with E-state index in [0.717, 1.165) is 27.6 Å². The van der Waals surface area contributed by atoms with Crippen LogP contribution in [0.2, 0.25) is 0 Å². The molecule has 0 saturated heterocycles. The summed E-state index contributed by atoms with van der Waals surface area (Å²) in [5.41, 5.74) is 1.07. The predicted octanol–water partition coefficient (Wildman–Crippen LogP) is 4.28. The molecule has 1 N–H and O–H groups in total. The van der Waals surface area contributed by atoms with Crippen molar-refractivity contribution >= 4 is 31.9 Å². The van der Waals surface area contributed by atoms with Crippen LogP contribution in [-0.4, -0.2) is 32.5 Å². The highest BCUT2D eigenvalue weighted by Crippen LogP contribution is 2.34. The minimum atomic E-state index is -4.31. The molecular formula is C13H16Br2F3NO2. The summed E-state index contributed by atoms with van der Waals surface area (Å²) in [6, 6.07) is 3.80. The lowest BCUT2D eigenvalue weighted by Gasteiger charge is -2.13. The van der Waals surface area contributed by atoms with E-state index in [2.05, 4.69) is 41.9 Å². The molecule has 0 spiro atoms. The molecule has 0 unspecified atom stereocenters. The quantitative estimate of drug-likeness (QED) is 0.619. The average Bonchev–Trinajstić information content (AvgIpc) is 2.37. The highest BCUT2D eigenvalue weighted by Gasteiger charge is 2.27. The lowest BCUT2D eigenvalue weighted by atomic mass is 10.2. The summed E-state index contributed by atoms with van der Waals surface area (Å²) in [6.07, 6.45) is -4.31. The second kappa shape index (κ2) is 8.97. The first-order chi connectivity index (χ1) is 9.83. The van der Waals surface area contributed by atoms with E-state index in [9.17, 15) is 13.2 Å². The van der Waals surface area contributed by atoms with Gasteiger partial charge in [-0.05, 0) is 56.1 Å². The zero-order valence-corrected chi connectivity index (χ0v) is 14.6. The topological polar surface area (TPSA) is 30.5 Å². The van der Waals surface area contributed by atoms with E-state index in [-0.39, 0.29) is 13.2 Å². The summed E-state index contributed by atoms with van der Waals surface area (Å²) in [4.78, 5) is 0. The molecule has 0 radical (unpaired) electrons. The van der Waals surface area contributed by atoms with Crippen LogP contribution in [0.15, 0.2) is 21.1 Å².